The molecule has 0 aliphatic rings. The first-order valence-electron chi connectivity index (χ1n) is 11.5. The van der Waals surface area contributed by atoms with E-state index in [2.05, 4.69) is 19.9 Å². The van der Waals surface area contributed by atoms with Gasteiger partial charge in [-0.3, -0.25) is 19.3 Å². The van der Waals surface area contributed by atoms with E-state index in [0.29, 0.717) is 17.8 Å². The largest absolute Gasteiger partial charge is 0.486 e. The molecule has 1 N–H and O–H groups in total. The minimum atomic E-state index is -5.13. The number of nitrogens with zero attached hydrogens (tertiary/aromatic N) is 5. The highest BCUT2D eigenvalue weighted by molar-refractivity contribution is 5.59. The minimum absolute atomic E-state index is 0.0793. The summed E-state index contributed by atoms with van der Waals surface area (Å²) in [5.41, 5.74) is -3.76. The van der Waals surface area contributed by atoms with Gasteiger partial charge in [-0.05, 0) is 45.4 Å². The van der Waals surface area contributed by atoms with Gasteiger partial charge in [0.2, 0.25) is 0 Å². The second kappa shape index (κ2) is 10.1. The molecule has 39 heavy (non-hydrogen) atoms. The molecule has 0 saturated carbocycles. The Hall–Kier alpha value is -4.26. The van der Waals surface area contributed by atoms with Crippen LogP contribution in [0.4, 0.5) is 22.0 Å². The molecule has 0 spiro atoms. The van der Waals surface area contributed by atoms with Gasteiger partial charge in [0.05, 0.1) is 23.3 Å². The minimum Gasteiger partial charge on any atom is -0.486 e. The zero-order valence-corrected chi connectivity index (χ0v) is 21.1. The predicted molar refractivity (Wildman–Crippen MR) is 129 cm³/mol. The molecule has 204 valence electrons. The van der Waals surface area contributed by atoms with Crippen molar-refractivity contribution in [3.8, 4) is 22.8 Å². The fourth-order valence-corrected chi connectivity index (χ4v) is 3.76. The van der Waals surface area contributed by atoms with Gasteiger partial charge in [0.1, 0.15) is 29.5 Å². The van der Waals surface area contributed by atoms with Gasteiger partial charge in [0.25, 0.3) is 5.56 Å². The van der Waals surface area contributed by atoms with Gasteiger partial charge in [-0.15, -0.1) is 0 Å². The second-order valence-corrected chi connectivity index (χ2v) is 9.21. The van der Waals surface area contributed by atoms with Gasteiger partial charge in [-0.2, -0.15) is 13.2 Å². The number of halogens is 5. The van der Waals surface area contributed by atoms with Crippen molar-refractivity contribution in [3.63, 3.8) is 0 Å². The Morgan fingerprint density at radius 2 is 1.72 bits per heavy atom. The van der Waals surface area contributed by atoms with Crippen LogP contribution in [0, 0.1) is 25.5 Å². The molecule has 0 fully saturated rings. The topological polar surface area (TPSA) is 103 Å². The van der Waals surface area contributed by atoms with Crippen molar-refractivity contribution >= 4 is 0 Å². The fraction of sp³-hybridized carbons (Fsp3) is 0.269. The van der Waals surface area contributed by atoms with Crippen LogP contribution in [0.5, 0.6) is 5.75 Å². The van der Waals surface area contributed by atoms with E-state index >= 15 is 0 Å². The lowest BCUT2D eigenvalue weighted by molar-refractivity contribution is -0.140. The van der Waals surface area contributed by atoms with Gasteiger partial charge >= 0.3 is 6.18 Å². The number of rotatable bonds is 6. The molecule has 0 atom stereocenters. The molecule has 0 aromatic carbocycles. The summed E-state index contributed by atoms with van der Waals surface area (Å²) >= 11 is 0. The number of aliphatic hydroxyl groups is 1. The maximum absolute atomic E-state index is 14.1. The third kappa shape index (κ3) is 5.77. The highest BCUT2D eigenvalue weighted by Crippen LogP contribution is 2.35. The SMILES string of the molecule is Cc1cnc(-c2ccnc(C(C)(C)O)n2)cc1-n1c(C)cc(OCc2ncc(F)cc2F)c(C(F)(F)F)c1=O. The Balaban J connectivity index is 1.83. The number of aromatic nitrogens is 5. The van der Waals surface area contributed by atoms with E-state index < -0.39 is 52.6 Å². The predicted octanol–water partition coefficient (Wildman–Crippen LogP) is 4.80. The van der Waals surface area contributed by atoms with Gasteiger partial charge < -0.3 is 9.84 Å². The van der Waals surface area contributed by atoms with Crippen LogP contribution in [0.25, 0.3) is 17.1 Å². The molecular weight excluding hydrogens is 525 g/mol. The lowest BCUT2D eigenvalue weighted by atomic mass is 10.1. The zero-order valence-electron chi connectivity index (χ0n) is 21.1. The summed E-state index contributed by atoms with van der Waals surface area (Å²) in [6.07, 6.45) is -1.65. The first-order valence-corrected chi connectivity index (χ1v) is 11.5. The summed E-state index contributed by atoms with van der Waals surface area (Å²) in [7, 11) is 0. The highest BCUT2D eigenvalue weighted by Gasteiger charge is 2.39. The Morgan fingerprint density at radius 1 is 1.00 bits per heavy atom. The van der Waals surface area contributed by atoms with Crippen molar-refractivity contribution in [2.24, 2.45) is 0 Å². The van der Waals surface area contributed by atoms with Gasteiger partial charge in [0, 0.05) is 30.2 Å². The maximum Gasteiger partial charge on any atom is 0.425 e. The zero-order chi connectivity index (χ0) is 28.7. The van der Waals surface area contributed by atoms with Crippen LogP contribution in [-0.4, -0.2) is 29.6 Å². The molecule has 0 bridgehead atoms. The summed E-state index contributed by atoms with van der Waals surface area (Å²) in [4.78, 5) is 29.4. The Bertz CT molecular complexity index is 1610. The van der Waals surface area contributed by atoms with E-state index in [1.54, 1.807) is 6.92 Å². The van der Waals surface area contributed by atoms with Crippen LogP contribution in [0.2, 0.25) is 0 Å². The van der Waals surface area contributed by atoms with E-state index in [1.165, 1.54) is 45.3 Å². The number of hydrogen-bond acceptors (Lipinski definition) is 7. The van der Waals surface area contributed by atoms with Crippen molar-refractivity contribution < 1.29 is 31.8 Å². The van der Waals surface area contributed by atoms with Crippen molar-refractivity contribution in [3.05, 3.63) is 93.2 Å². The quantitative estimate of drug-likeness (QED) is 0.346. The summed E-state index contributed by atoms with van der Waals surface area (Å²) in [5, 5.41) is 10.2. The van der Waals surface area contributed by atoms with Crippen LogP contribution in [0.1, 0.15) is 42.2 Å². The summed E-state index contributed by atoms with van der Waals surface area (Å²) in [6, 6.07) is 4.43. The average Bonchev–Trinajstić information content (AvgIpc) is 2.83. The summed E-state index contributed by atoms with van der Waals surface area (Å²) < 4.78 is 75.4. The van der Waals surface area contributed by atoms with Crippen LogP contribution in [-0.2, 0) is 18.4 Å². The summed E-state index contributed by atoms with van der Waals surface area (Å²) in [5.74, 6) is -2.79. The van der Waals surface area contributed by atoms with Crippen molar-refractivity contribution in [1.82, 2.24) is 24.5 Å². The standard InChI is InChI=1S/C26H22F5N5O3/c1-13-10-33-18(17-5-6-32-24(35-17)25(3,4)38)9-20(13)36-14(2)7-21(22(23(36)37)26(29,30)31)39-12-19-16(28)8-15(27)11-34-19/h5-11,38H,12H2,1-4H3. The molecule has 0 saturated heterocycles. The Morgan fingerprint density at radius 3 is 2.36 bits per heavy atom. The van der Waals surface area contributed by atoms with Crippen LogP contribution in [0.3, 0.4) is 0 Å². The Kier molecular flexibility index (Phi) is 7.21. The first kappa shape index (κ1) is 27.8. The van der Waals surface area contributed by atoms with Crippen LogP contribution < -0.4 is 10.3 Å². The average molecular weight is 547 g/mol. The molecule has 13 heteroatoms. The number of alkyl halides is 3. The molecule has 0 aliphatic carbocycles. The number of ether oxygens (including phenoxy) is 1. The molecule has 0 aliphatic heterocycles. The second-order valence-electron chi connectivity index (χ2n) is 9.21. The van der Waals surface area contributed by atoms with Crippen molar-refractivity contribution in [1.29, 1.82) is 0 Å². The van der Waals surface area contributed by atoms with E-state index in [4.69, 9.17) is 4.74 Å². The van der Waals surface area contributed by atoms with Crippen molar-refractivity contribution in [2.75, 3.05) is 0 Å². The maximum atomic E-state index is 14.1. The lowest BCUT2D eigenvalue weighted by Crippen LogP contribution is -2.30. The molecule has 0 unspecified atom stereocenters. The monoisotopic (exact) mass is 547 g/mol. The molecule has 8 nitrogen and oxygen atoms in total. The van der Waals surface area contributed by atoms with E-state index in [0.717, 1.165) is 10.6 Å². The van der Waals surface area contributed by atoms with Crippen LogP contribution in [0.15, 0.2) is 47.7 Å². The Labute approximate surface area is 218 Å². The number of pyridine rings is 3. The van der Waals surface area contributed by atoms with Gasteiger partial charge in [-0.25, -0.2) is 18.7 Å². The molecule has 4 aromatic heterocycles. The van der Waals surface area contributed by atoms with E-state index in [9.17, 15) is 31.9 Å². The molecule has 0 radical (unpaired) electrons. The fourth-order valence-electron chi connectivity index (χ4n) is 3.76. The molecule has 4 aromatic rings. The number of hydrogen-bond donors (Lipinski definition) is 1. The summed E-state index contributed by atoms with van der Waals surface area (Å²) in [6.45, 7) is 5.19. The molecule has 4 rings (SSSR count). The molecular formula is C26H22F5N5O3. The molecule has 4 heterocycles. The van der Waals surface area contributed by atoms with Gasteiger partial charge in [-0.1, -0.05) is 0 Å². The first-order chi connectivity index (χ1) is 18.2. The third-order valence-corrected chi connectivity index (χ3v) is 5.67. The van der Waals surface area contributed by atoms with Crippen molar-refractivity contribution in [2.45, 2.75) is 46.1 Å². The van der Waals surface area contributed by atoms with E-state index in [1.807, 2.05) is 0 Å². The van der Waals surface area contributed by atoms with Gasteiger partial charge in [0.15, 0.2) is 17.2 Å². The third-order valence-electron chi connectivity index (χ3n) is 5.67. The lowest BCUT2D eigenvalue weighted by Gasteiger charge is -2.20. The normalized spacial score (nSPS) is 12.1. The highest BCUT2D eigenvalue weighted by atomic mass is 19.4. The smallest absolute Gasteiger partial charge is 0.425 e. The van der Waals surface area contributed by atoms with E-state index in [-0.39, 0.29) is 28.6 Å². The molecule has 0 amide bonds. The van der Waals surface area contributed by atoms with Crippen LogP contribution >= 0.6 is 0 Å². The number of aryl methyl sites for hydroxylation is 2.